The van der Waals surface area contributed by atoms with Gasteiger partial charge in [0.1, 0.15) is 0 Å². The Kier molecular flexibility index (Phi) is 7.68. The zero-order chi connectivity index (χ0) is 21.5. The van der Waals surface area contributed by atoms with E-state index in [0.29, 0.717) is 51.1 Å². The van der Waals surface area contributed by atoms with Crippen LogP contribution in [0, 0.1) is 0 Å². The maximum absolute atomic E-state index is 12.7. The first kappa shape index (κ1) is 22.1. The predicted octanol–water partition coefficient (Wildman–Crippen LogP) is 1.78. The largest absolute Gasteiger partial charge is 0.419 e. The fourth-order valence-corrected chi connectivity index (χ4v) is 4.02. The molecule has 1 aliphatic heterocycles. The number of hydrogen-bond donors (Lipinski definition) is 0. The van der Waals surface area contributed by atoms with E-state index in [1.165, 1.54) is 0 Å². The lowest BCUT2D eigenvalue weighted by molar-refractivity contribution is -0.132. The highest BCUT2D eigenvalue weighted by atomic mass is 16.4. The Morgan fingerprint density at radius 3 is 2.60 bits per heavy atom. The Hall–Kier alpha value is -2.61. The zero-order valence-corrected chi connectivity index (χ0v) is 18.0. The van der Waals surface area contributed by atoms with Crippen LogP contribution in [0.5, 0.6) is 0 Å². The van der Waals surface area contributed by atoms with Gasteiger partial charge in [0.05, 0.1) is 12.1 Å². The molecule has 2 heterocycles. The molecule has 3 rings (SSSR count). The van der Waals surface area contributed by atoms with E-state index in [1.54, 1.807) is 10.6 Å². The predicted molar refractivity (Wildman–Crippen MR) is 115 cm³/mol. The monoisotopic (exact) mass is 416 g/mol. The number of fused-ring (bicyclic) bond motifs is 1. The average Bonchev–Trinajstić information content (AvgIpc) is 2.89. The van der Waals surface area contributed by atoms with Crippen molar-refractivity contribution >= 4 is 22.9 Å². The van der Waals surface area contributed by atoms with E-state index in [2.05, 4.69) is 4.90 Å². The molecule has 0 saturated carbocycles. The van der Waals surface area contributed by atoms with Crippen LogP contribution in [0.3, 0.4) is 0 Å². The first-order valence-corrected chi connectivity index (χ1v) is 10.9. The summed E-state index contributed by atoms with van der Waals surface area (Å²) in [4.78, 5) is 42.9. The number of aromatic nitrogens is 1. The van der Waals surface area contributed by atoms with Gasteiger partial charge >= 0.3 is 5.76 Å². The van der Waals surface area contributed by atoms with Crippen molar-refractivity contribution in [3.05, 3.63) is 34.8 Å². The third-order valence-corrected chi connectivity index (χ3v) is 5.76. The molecule has 2 amide bonds. The first-order valence-electron chi connectivity index (χ1n) is 10.9. The number of carbonyl (C=O) groups excluding carboxylic acids is 2. The lowest BCUT2D eigenvalue weighted by Gasteiger charge is -2.25. The average molecular weight is 417 g/mol. The minimum Gasteiger partial charge on any atom is -0.408 e. The number of benzene rings is 1. The molecule has 8 nitrogen and oxygen atoms in total. The Morgan fingerprint density at radius 2 is 1.83 bits per heavy atom. The molecule has 1 fully saturated rings. The van der Waals surface area contributed by atoms with Gasteiger partial charge in [0.2, 0.25) is 11.8 Å². The van der Waals surface area contributed by atoms with Crippen molar-refractivity contribution < 1.29 is 14.0 Å². The van der Waals surface area contributed by atoms with E-state index in [1.807, 2.05) is 41.8 Å². The number of para-hydroxylation sites is 2. The number of oxazole rings is 1. The molecule has 8 heteroatoms. The number of amides is 2. The zero-order valence-electron chi connectivity index (χ0n) is 18.0. The number of hydrogen-bond acceptors (Lipinski definition) is 5. The van der Waals surface area contributed by atoms with Gasteiger partial charge in [0.15, 0.2) is 5.58 Å². The quantitative estimate of drug-likeness (QED) is 0.655. The van der Waals surface area contributed by atoms with Gasteiger partial charge in [-0.1, -0.05) is 12.1 Å². The summed E-state index contributed by atoms with van der Waals surface area (Å²) >= 11 is 0. The second kappa shape index (κ2) is 10.4. The fraction of sp³-hybridized carbons (Fsp3) is 0.591. The second-order valence-electron chi connectivity index (χ2n) is 7.67. The van der Waals surface area contributed by atoms with Gasteiger partial charge in [-0.3, -0.25) is 19.1 Å². The van der Waals surface area contributed by atoms with Gasteiger partial charge < -0.3 is 14.2 Å². The van der Waals surface area contributed by atoms with E-state index in [9.17, 15) is 14.4 Å². The van der Waals surface area contributed by atoms with Crippen molar-refractivity contribution in [2.45, 2.75) is 39.7 Å². The molecule has 0 N–H and O–H groups in total. The summed E-state index contributed by atoms with van der Waals surface area (Å²) < 4.78 is 6.83. The van der Waals surface area contributed by atoms with E-state index in [-0.39, 0.29) is 17.6 Å². The molecule has 164 valence electrons. The van der Waals surface area contributed by atoms with Crippen molar-refractivity contribution in [1.29, 1.82) is 0 Å². The summed E-state index contributed by atoms with van der Waals surface area (Å²) in [5.74, 6) is -0.128. The molecular formula is C22H32N4O4. The van der Waals surface area contributed by atoms with Crippen molar-refractivity contribution in [3.8, 4) is 0 Å². The molecule has 0 atom stereocenters. The second-order valence-corrected chi connectivity index (χ2v) is 7.67. The van der Waals surface area contributed by atoms with Gasteiger partial charge in [0.25, 0.3) is 0 Å². The Morgan fingerprint density at radius 1 is 1.07 bits per heavy atom. The lowest BCUT2D eigenvalue weighted by Crippen LogP contribution is -2.42. The van der Waals surface area contributed by atoms with Gasteiger partial charge in [-0.05, 0) is 38.8 Å². The maximum atomic E-state index is 12.7. The summed E-state index contributed by atoms with van der Waals surface area (Å²) in [5, 5.41) is 0. The molecule has 0 radical (unpaired) electrons. The van der Waals surface area contributed by atoms with Crippen LogP contribution in [0.15, 0.2) is 33.5 Å². The smallest absolute Gasteiger partial charge is 0.408 e. The first-order chi connectivity index (χ1) is 14.5. The Labute approximate surface area is 177 Å². The normalized spacial score (nSPS) is 15.3. The summed E-state index contributed by atoms with van der Waals surface area (Å²) in [6.07, 6.45) is 1.84. The van der Waals surface area contributed by atoms with Crippen LogP contribution in [0.25, 0.3) is 11.1 Å². The number of likely N-dealkylation sites (N-methyl/N-ethyl adjacent to an activating group) is 1. The number of nitrogens with zero attached hydrogens (tertiary/aromatic N) is 4. The van der Waals surface area contributed by atoms with Crippen LogP contribution in [0.4, 0.5) is 0 Å². The summed E-state index contributed by atoms with van der Waals surface area (Å²) in [7, 11) is 0. The van der Waals surface area contributed by atoms with Gasteiger partial charge in [0, 0.05) is 52.2 Å². The molecule has 0 unspecified atom stereocenters. The van der Waals surface area contributed by atoms with Crippen LogP contribution < -0.4 is 5.76 Å². The molecule has 30 heavy (non-hydrogen) atoms. The standard InChI is InChI=1S/C22H32N4O4/c1-3-24(4-2)21(28)17-23-12-8-13-25(16-15-23)20(27)11-7-14-26-18-9-5-6-10-19(18)30-22(26)29/h5-6,9-10H,3-4,7-8,11-17H2,1-2H3. The topological polar surface area (TPSA) is 79.0 Å². The molecule has 1 aromatic heterocycles. The van der Waals surface area contributed by atoms with Crippen LogP contribution in [0.1, 0.15) is 33.1 Å². The third kappa shape index (κ3) is 5.30. The molecule has 1 saturated heterocycles. The van der Waals surface area contributed by atoms with Crippen LogP contribution in [-0.2, 0) is 16.1 Å². The van der Waals surface area contributed by atoms with Crippen molar-refractivity contribution in [1.82, 2.24) is 19.3 Å². The van der Waals surface area contributed by atoms with Crippen molar-refractivity contribution in [3.63, 3.8) is 0 Å². The maximum Gasteiger partial charge on any atom is 0.419 e. The summed E-state index contributed by atoms with van der Waals surface area (Å²) in [5.41, 5.74) is 1.33. The third-order valence-electron chi connectivity index (χ3n) is 5.76. The minimum absolute atomic E-state index is 0.104. The van der Waals surface area contributed by atoms with E-state index >= 15 is 0 Å². The minimum atomic E-state index is -0.382. The molecule has 0 bridgehead atoms. The summed E-state index contributed by atoms with van der Waals surface area (Å²) in [6, 6.07) is 7.32. The highest BCUT2D eigenvalue weighted by Crippen LogP contribution is 2.13. The summed E-state index contributed by atoms with van der Waals surface area (Å²) in [6.45, 7) is 9.20. The van der Waals surface area contributed by atoms with Gasteiger partial charge in [-0.2, -0.15) is 0 Å². The van der Waals surface area contributed by atoms with E-state index in [0.717, 1.165) is 31.6 Å². The van der Waals surface area contributed by atoms with E-state index < -0.39 is 0 Å². The molecule has 1 aliphatic rings. The molecular weight excluding hydrogens is 384 g/mol. The number of rotatable bonds is 8. The number of aryl methyl sites for hydroxylation is 1. The SMILES string of the molecule is CCN(CC)C(=O)CN1CCCN(C(=O)CCCn2c(=O)oc3ccccc32)CC1. The molecule has 0 spiro atoms. The van der Waals surface area contributed by atoms with Crippen LogP contribution >= 0.6 is 0 Å². The molecule has 1 aromatic carbocycles. The Balaban J connectivity index is 1.47. The fourth-order valence-electron chi connectivity index (χ4n) is 4.02. The molecule has 0 aliphatic carbocycles. The van der Waals surface area contributed by atoms with Gasteiger partial charge in [-0.15, -0.1) is 0 Å². The molecule has 2 aromatic rings. The van der Waals surface area contributed by atoms with Crippen molar-refractivity contribution in [2.75, 3.05) is 45.8 Å². The lowest BCUT2D eigenvalue weighted by atomic mass is 10.2. The number of carbonyl (C=O) groups is 2. The van der Waals surface area contributed by atoms with E-state index in [4.69, 9.17) is 4.42 Å². The van der Waals surface area contributed by atoms with Crippen LogP contribution in [0.2, 0.25) is 0 Å². The van der Waals surface area contributed by atoms with Crippen LogP contribution in [-0.4, -0.2) is 76.9 Å². The van der Waals surface area contributed by atoms with Crippen molar-refractivity contribution in [2.24, 2.45) is 0 Å². The van der Waals surface area contributed by atoms with Gasteiger partial charge in [-0.25, -0.2) is 4.79 Å². The Bertz CT molecular complexity index is 915. The highest BCUT2D eigenvalue weighted by Gasteiger charge is 2.21. The highest BCUT2D eigenvalue weighted by molar-refractivity contribution is 5.78.